The molecule has 1 amide bonds. The molecule has 1 aliphatic rings. The zero-order valence-electron chi connectivity index (χ0n) is 14.5. The van der Waals surface area contributed by atoms with Gasteiger partial charge in [-0.05, 0) is 44.0 Å². The Bertz CT molecular complexity index is 534. The van der Waals surface area contributed by atoms with Crippen molar-refractivity contribution >= 4 is 18.3 Å². The molecule has 0 radical (unpaired) electrons. The first kappa shape index (κ1) is 20.4. The quantitative estimate of drug-likeness (QED) is 0.745. The van der Waals surface area contributed by atoms with E-state index in [-0.39, 0.29) is 18.3 Å². The molecular formula is C17H27ClN2O4. The van der Waals surface area contributed by atoms with Crippen LogP contribution in [0, 0.1) is 5.92 Å². The summed E-state index contributed by atoms with van der Waals surface area (Å²) in [5.41, 5.74) is 0.862. The Morgan fingerprint density at radius 1 is 1.21 bits per heavy atom. The fourth-order valence-electron chi connectivity index (χ4n) is 2.88. The SMILES string of the molecule is COc1ccc(CNC(=O)CCC2CCNC2)c(OC)c1OC.Cl. The van der Waals surface area contributed by atoms with Crippen LogP contribution in [0.1, 0.15) is 24.8 Å². The Hall–Kier alpha value is -1.66. The number of hydrogen-bond donors (Lipinski definition) is 2. The van der Waals surface area contributed by atoms with Gasteiger partial charge in [-0.3, -0.25) is 4.79 Å². The molecule has 6 nitrogen and oxygen atoms in total. The third-order valence-electron chi connectivity index (χ3n) is 4.20. The van der Waals surface area contributed by atoms with Crippen LogP contribution in [-0.4, -0.2) is 40.3 Å². The predicted octanol–water partition coefficient (Wildman–Crippen LogP) is 2.14. The molecule has 1 fully saturated rings. The molecule has 136 valence electrons. The van der Waals surface area contributed by atoms with E-state index in [0.717, 1.165) is 31.5 Å². The van der Waals surface area contributed by atoms with Crippen molar-refractivity contribution in [3.05, 3.63) is 17.7 Å². The van der Waals surface area contributed by atoms with Gasteiger partial charge >= 0.3 is 0 Å². The average molecular weight is 359 g/mol. The maximum absolute atomic E-state index is 12.0. The number of carbonyl (C=O) groups excluding carboxylic acids is 1. The maximum atomic E-state index is 12.0. The summed E-state index contributed by atoms with van der Waals surface area (Å²) in [6.07, 6.45) is 2.65. The molecule has 1 aromatic carbocycles. The highest BCUT2D eigenvalue weighted by Gasteiger charge is 2.18. The minimum absolute atomic E-state index is 0. The van der Waals surface area contributed by atoms with E-state index in [2.05, 4.69) is 10.6 Å². The number of methoxy groups -OCH3 is 3. The molecule has 0 spiro atoms. The Kier molecular flexibility index (Phi) is 8.71. The number of ether oxygens (including phenoxy) is 3. The maximum Gasteiger partial charge on any atom is 0.220 e. The highest BCUT2D eigenvalue weighted by molar-refractivity contribution is 5.85. The molecule has 0 aliphatic carbocycles. The summed E-state index contributed by atoms with van der Waals surface area (Å²) in [6, 6.07) is 3.69. The van der Waals surface area contributed by atoms with Gasteiger partial charge in [0, 0.05) is 18.5 Å². The first-order valence-corrected chi connectivity index (χ1v) is 7.94. The molecule has 1 unspecified atom stereocenters. The van der Waals surface area contributed by atoms with Gasteiger partial charge in [-0.2, -0.15) is 0 Å². The minimum Gasteiger partial charge on any atom is -0.493 e. The van der Waals surface area contributed by atoms with E-state index in [0.29, 0.717) is 36.1 Å². The van der Waals surface area contributed by atoms with E-state index in [4.69, 9.17) is 14.2 Å². The van der Waals surface area contributed by atoms with Crippen LogP contribution in [0.4, 0.5) is 0 Å². The third kappa shape index (κ3) is 5.18. The highest BCUT2D eigenvalue weighted by Crippen LogP contribution is 2.39. The molecule has 7 heteroatoms. The van der Waals surface area contributed by atoms with Crippen LogP contribution < -0.4 is 24.8 Å². The van der Waals surface area contributed by atoms with Crippen LogP contribution >= 0.6 is 12.4 Å². The lowest BCUT2D eigenvalue weighted by molar-refractivity contribution is -0.121. The summed E-state index contributed by atoms with van der Waals surface area (Å²) >= 11 is 0. The van der Waals surface area contributed by atoms with Crippen molar-refractivity contribution in [1.82, 2.24) is 10.6 Å². The molecule has 1 saturated heterocycles. The average Bonchev–Trinajstić information content (AvgIpc) is 3.10. The first-order valence-electron chi connectivity index (χ1n) is 7.94. The second-order valence-electron chi connectivity index (χ2n) is 5.67. The van der Waals surface area contributed by atoms with Gasteiger partial charge in [-0.15, -0.1) is 12.4 Å². The normalized spacial score (nSPS) is 16.2. The summed E-state index contributed by atoms with van der Waals surface area (Å²) in [6.45, 7) is 2.50. The minimum atomic E-state index is 0. The fourth-order valence-corrected chi connectivity index (χ4v) is 2.88. The van der Waals surface area contributed by atoms with E-state index in [9.17, 15) is 4.79 Å². The Morgan fingerprint density at radius 3 is 2.54 bits per heavy atom. The first-order chi connectivity index (χ1) is 11.2. The number of rotatable bonds is 8. The van der Waals surface area contributed by atoms with Crippen molar-refractivity contribution in [2.24, 2.45) is 5.92 Å². The second kappa shape index (κ2) is 10.3. The molecule has 0 bridgehead atoms. The summed E-state index contributed by atoms with van der Waals surface area (Å²) in [5, 5.41) is 6.27. The van der Waals surface area contributed by atoms with Crippen LogP contribution in [0.5, 0.6) is 17.2 Å². The zero-order valence-corrected chi connectivity index (χ0v) is 15.3. The largest absolute Gasteiger partial charge is 0.493 e. The topological polar surface area (TPSA) is 68.8 Å². The molecule has 1 aliphatic heterocycles. The van der Waals surface area contributed by atoms with Crippen molar-refractivity contribution in [1.29, 1.82) is 0 Å². The van der Waals surface area contributed by atoms with E-state index < -0.39 is 0 Å². The Labute approximate surface area is 149 Å². The van der Waals surface area contributed by atoms with E-state index >= 15 is 0 Å². The summed E-state index contributed by atoms with van der Waals surface area (Å²) in [4.78, 5) is 12.0. The Balaban J connectivity index is 0.00000288. The van der Waals surface area contributed by atoms with Crippen LogP contribution in [0.25, 0.3) is 0 Å². The number of nitrogens with one attached hydrogen (secondary N) is 2. The monoisotopic (exact) mass is 358 g/mol. The van der Waals surface area contributed by atoms with Gasteiger partial charge in [0.2, 0.25) is 11.7 Å². The lowest BCUT2D eigenvalue weighted by Gasteiger charge is -2.16. The van der Waals surface area contributed by atoms with Gasteiger partial charge in [-0.25, -0.2) is 0 Å². The van der Waals surface area contributed by atoms with Crippen LogP contribution in [0.3, 0.4) is 0 Å². The van der Waals surface area contributed by atoms with Crippen molar-refractivity contribution in [3.63, 3.8) is 0 Å². The van der Waals surface area contributed by atoms with E-state index in [1.54, 1.807) is 21.3 Å². The molecule has 1 aromatic rings. The van der Waals surface area contributed by atoms with E-state index in [1.807, 2.05) is 12.1 Å². The lowest BCUT2D eigenvalue weighted by atomic mass is 10.0. The van der Waals surface area contributed by atoms with Gasteiger partial charge in [0.05, 0.1) is 21.3 Å². The van der Waals surface area contributed by atoms with Crippen LogP contribution in [-0.2, 0) is 11.3 Å². The summed E-state index contributed by atoms with van der Waals surface area (Å²) in [5.74, 6) is 2.42. The molecule has 0 saturated carbocycles. The molecular weight excluding hydrogens is 332 g/mol. The van der Waals surface area contributed by atoms with Gasteiger partial charge in [0.25, 0.3) is 0 Å². The van der Waals surface area contributed by atoms with Crippen molar-refractivity contribution in [2.45, 2.75) is 25.8 Å². The molecule has 2 rings (SSSR count). The van der Waals surface area contributed by atoms with Gasteiger partial charge in [-0.1, -0.05) is 0 Å². The van der Waals surface area contributed by atoms with Crippen molar-refractivity contribution < 1.29 is 19.0 Å². The second-order valence-corrected chi connectivity index (χ2v) is 5.67. The van der Waals surface area contributed by atoms with Gasteiger partial charge in [0.1, 0.15) is 0 Å². The molecule has 1 atom stereocenters. The van der Waals surface area contributed by atoms with Gasteiger partial charge < -0.3 is 24.8 Å². The Morgan fingerprint density at radius 2 is 1.96 bits per heavy atom. The standard InChI is InChI=1S/C17H26N2O4.ClH/c1-21-14-6-5-13(16(22-2)17(14)23-3)11-19-15(20)7-4-12-8-9-18-10-12;/h5-6,12,18H,4,7-11H2,1-3H3,(H,19,20);1H. The zero-order chi connectivity index (χ0) is 16.7. The van der Waals surface area contributed by atoms with Crippen LogP contribution in [0.15, 0.2) is 12.1 Å². The van der Waals surface area contributed by atoms with Crippen molar-refractivity contribution in [3.8, 4) is 17.2 Å². The molecule has 24 heavy (non-hydrogen) atoms. The molecule has 2 N–H and O–H groups in total. The number of amides is 1. The smallest absolute Gasteiger partial charge is 0.220 e. The van der Waals surface area contributed by atoms with E-state index in [1.165, 1.54) is 0 Å². The number of halogens is 1. The van der Waals surface area contributed by atoms with Crippen LogP contribution in [0.2, 0.25) is 0 Å². The fraction of sp³-hybridized carbons (Fsp3) is 0.588. The summed E-state index contributed by atoms with van der Waals surface area (Å²) < 4.78 is 16.0. The lowest BCUT2D eigenvalue weighted by Crippen LogP contribution is -2.24. The third-order valence-corrected chi connectivity index (χ3v) is 4.20. The number of carbonyl (C=O) groups is 1. The highest BCUT2D eigenvalue weighted by atomic mass is 35.5. The predicted molar refractivity (Wildman–Crippen MR) is 95.4 cm³/mol. The number of hydrogen-bond acceptors (Lipinski definition) is 5. The molecule has 0 aromatic heterocycles. The summed E-state index contributed by atoms with van der Waals surface area (Å²) in [7, 11) is 4.73. The van der Waals surface area contributed by atoms with Gasteiger partial charge in [0.15, 0.2) is 11.5 Å². The number of benzene rings is 1. The molecule has 1 heterocycles. The van der Waals surface area contributed by atoms with Crippen molar-refractivity contribution in [2.75, 3.05) is 34.4 Å².